The van der Waals surface area contributed by atoms with Crippen LogP contribution in [-0.2, 0) is 11.3 Å². The number of imidazole rings is 1. The molecule has 4 nitrogen and oxygen atoms in total. The minimum Gasteiger partial charge on any atom is -0.383 e. The summed E-state index contributed by atoms with van der Waals surface area (Å²) >= 11 is 12.1. The Morgan fingerprint density at radius 1 is 1.39 bits per heavy atom. The number of benzene rings is 1. The zero-order chi connectivity index (χ0) is 13.1. The largest absolute Gasteiger partial charge is 0.383 e. The molecule has 1 aromatic carbocycles. The van der Waals surface area contributed by atoms with Gasteiger partial charge in [0.1, 0.15) is 0 Å². The molecule has 0 aliphatic heterocycles. The van der Waals surface area contributed by atoms with Crippen LogP contribution in [0.1, 0.15) is 0 Å². The van der Waals surface area contributed by atoms with Gasteiger partial charge in [0.05, 0.1) is 23.5 Å². The highest BCUT2D eigenvalue weighted by molar-refractivity contribution is 6.36. The fourth-order valence-corrected chi connectivity index (χ4v) is 2.23. The fraction of sp³-hybridized carbons (Fsp3) is 0.250. The van der Waals surface area contributed by atoms with Crippen LogP contribution in [0.2, 0.25) is 10.0 Å². The van der Waals surface area contributed by atoms with Crippen molar-refractivity contribution in [2.45, 2.75) is 6.54 Å². The molecule has 96 valence electrons. The maximum absolute atomic E-state index is 6.18. The summed E-state index contributed by atoms with van der Waals surface area (Å²) in [7, 11) is 1.64. The average Bonchev–Trinajstić information content (AvgIpc) is 2.68. The lowest BCUT2D eigenvalue weighted by atomic mass is 10.1. The van der Waals surface area contributed by atoms with Crippen molar-refractivity contribution in [1.82, 2.24) is 9.55 Å². The van der Waals surface area contributed by atoms with Crippen molar-refractivity contribution in [3.8, 4) is 11.3 Å². The van der Waals surface area contributed by atoms with Crippen molar-refractivity contribution < 1.29 is 4.74 Å². The Morgan fingerprint density at radius 2 is 2.17 bits per heavy atom. The number of anilines is 1. The number of hydrogen-bond acceptors (Lipinski definition) is 3. The number of ether oxygens (including phenoxy) is 1. The molecular weight excluding hydrogens is 273 g/mol. The van der Waals surface area contributed by atoms with Gasteiger partial charge >= 0.3 is 0 Å². The quantitative estimate of drug-likeness (QED) is 0.939. The maximum Gasteiger partial charge on any atom is 0.200 e. The van der Waals surface area contributed by atoms with Crippen molar-refractivity contribution >= 4 is 29.2 Å². The first-order valence-corrected chi connectivity index (χ1v) is 6.14. The topological polar surface area (TPSA) is 53.1 Å². The second-order valence-corrected chi connectivity index (χ2v) is 4.61. The Kier molecular flexibility index (Phi) is 4.11. The van der Waals surface area contributed by atoms with Crippen molar-refractivity contribution in [1.29, 1.82) is 0 Å². The van der Waals surface area contributed by atoms with E-state index in [1.807, 2.05) is 10.6 Å². The van der Waals surface area contributed by atoms with E-state index in [1.165, 1.54) is 0 Å². The molecule has 0 amide bonds. The molecule has 0 saturated carbocycles. The van der Waals surface area contributed by atoms with Gasteiger partial charge in [0.15, 0.2) is 0 Å². The maximum atomic E-state index is 6.18. The molecule has 2 rings (SSSR count). The van der Waals surface area contributed by atoms with Gasteiger partial charge in [-0.2, -0.15) is 0 Å². The Bertz CT molecular complexity index is 554. The fourth-order valence-electron chi connectivity index (χ4n) is 1.72. The van der Waals surface area contributed by atoms with Gasteiger partial charge in [-0.05, 0) is 18.2 Å². The van der Waals surface area contributed by atoms with Crippen molar-refractivity contribution in [3.05, 3.63) is 34.4 Å². The number of hydrogen-bond donors (Lipinski definition) is 1. The highest BCUT2D eigenvalue weighted by Gasteiger charge is 2.12. The van der Waals surface area contributed by atoms with Gasteiger partial charge in [-0.1, -0.05) is 23.2 Å². The van der Waals surface area contributed by atoms with E-state index in [2.05, 4.69) is 4.98 Å². The molecule has 0 bridgehead atoms. The molecule has 0 saturated heterocycles. The van der Waals surface area contributed by atoms with Crippen LogP contribution >= 0.6 is 23.2 Å². The molecule has 0 aliphatic carbocycles. The number of nitrogen functional groups attached to an aromatic ring is 1. The van der Waals surface area contributed by atoms with Crippen LogP contribution in [-0.4, -0.2) is 23.3 Å². The van der Waals surface area contributed by atoms with E-state index >= 15 is 0 Å². The Balaban J connectivity index is 2.43. The SMILES string of the molecule is COCCn1c(-c2ccc(Cl)cc2Cl)cnc1N. The third kappa shape index (κ3) is 2.61. The van der Waals surface area contributed by atoms with E-state index < -0.39 is 0 Å². The van der Waals surface area contributed by atoms with Crippen LogP contribution in [0.3, 0.4) is 0 Å². The van der Waals surface area contributed by atoms with E-state index in [-0.39, 0.29) is 0 Å². The molecule has 0 spiro atoms. The number of methoxy groups -OCH3 is 1. The van der Waals surface area contributed by atoms with Crippen LogP contribution in [0.15, 0.2) is 24.4 Å². The van der Waals surface area contributed by atoms with Gasteiger partial charge in [0.2, 0.25) is 5.95 Å². The molecule has 0 atom stereocenters. The van der Waals surface area contributed by atoms with Crippen LogP contribution in [0, 0.1) is 0 Å². The molecule has 2 N–H and O–H groups in total. The predicted molar refractivity (Wildman–Crippen MR) is 74.0 cm³/mol. The number of halogens is 2. The summed E-state index contributed by atoms with van der Waals surface area (Å²) in [6, 6.07) is 5.33. The summed E-state index contributed by atoms with van der Waals surface area (Å²) in [5.41, 5.74) is 7.53. The molecule has 0 radical (unpaired) electrons. The zero-order valence-electron chi connectivity index (χ0n) is 9.86. The lowest BCUT2D eigenvalue weighted by Crippen LogP contribution is -2.09. The third-order valence-electron chi connectivity index (χ3n) is 2.61. The Hall–Kier alpha value is -1.23. The highest BCUT2D eigenvalue weighted by atomic mass is 35.5. The molecule has 0 aliphatic rings. The first-order valence-electron chi connectivity index (χ1n) is 5.39. The standard InChI is InChI=1S/C12H13Cl2N3O/c1-18-5-4-17-11(7-16-12(17)15)9-3-2-8(13)6-10(9)14/h2-3,6-7H,4-5H2,1H3,(H2,15,16). The lowest BCUT2D eigenvalue weighted by molar-refractivity contribution is 0.188. The first-order chi connectivity index (χ1) is 8.63. The normalized spacial score (nSPS) is 10.8. The molecule has 2 aromatic rings. The van der Waals surface area contributed by atoms with Gasteiger partial charge in [0.25, 0.3) is 0 Å². The highest BCUT2D eigenvalue weighted by Crippen LogP contribution is 2.31. The summed E-state index contributed by atoms with van der Waals surface area (Å²) in [5, 5.41) is 1.17. The van der Waals surface area contributed by atoms with Crippen molar-refractivity contribution in [2.75, 3.05) is 19.5 Å². The molecule has 6 heteroatoms. The molecule has 0 unspecified atom stereocenters. The monoisotopic (exact) mass is 285 g/mol. The summed E-state index contributed by atoms with van der Waals surface area (Å²) in [6.45, 7) is 1.18. The van der Waals surface area contributed by atoms with Crippen molar-refractivity contribution in [2.24, 2.45) is 0 Å². The van der Waals surface area contributed by atoms with Crippen molar-refractivity contribution in [3.63, 3.8) is 0 Å². The Labute approximate surface area is 115 Å². The number of aromatic nitrogens is 2. The summed E-state index contributed by atoms with van der Waals surface area (Å²) in [5.74, 6) is 0.438. The molecule has 0 fully saturated rings. The van der Waals surface area contributed by atoms with Gasteiger partial charge in [0, 0.05) is 24.2 Å². The van der Waals surface area contributed by atoms with Crippen LogP contribution in [0.25, 0.3) is 11.3 Å². The van der Waals surface area contributed by atoms with E-state index in [0.29, 0.717) is 29.1 Å². The number of nitrogens with zero attached hydrogens (tertiary/aromatic N) is 2. The van der Waals surface area contributed by atoms with E-state index in [9.17, 15) is 0 Å². The van der Waals surface area contributed by atoms with Crippen LogP contribution in [0.5, 0.6) is 0 Å². The van der Waals surface area contributed by atoms with Crippen LogP contribution in [0.4, 0.5) is 5.95 Å². The van der Waals surface area contributed by atoms with E-state index in [0.717, 1.165) is 11.3 Å². The average molecular weight is 286 g/mol. The molecular formula is C12H13Cl2N3O. The Morgan fingerprint density at radius 3 is 2.83 bits per heavy atom. The molecule has 18 heavy (non-hydrogen) atoms. The lowest BCUT2D eigenvalue weighted by Gasteiger charge is -2.10. The smallest absolute Gasteiger partial charge is 0.200 e. The second kappa shape index (κ2) is 5.61. The van der Waals surface area contributed by atoms with Gasteiger partial charge < -0.3 is 15.0 Å². The third-order valence-corrected chi connectivity index (χ3v) is 3.16. The minimum absolute atomic E-state index is 0.438. The van der Waals surface area contributed by atoms with Gasteiger partial charge in [-0.15, -0.1) is 0 Å². The minimum atomic E-state index is 0.438. The second-order valence-electron chi connectivity index (χ2n) is 3.77. The summed E-state index contributed by atoms with van der Waals surface area (Å²) in [4.78, 5) is 4.10. The molecule has 1 heterocycles. The number of nitrogens with two attached hydrogens (primary N) is 1. The van der Waals surface area contributed by atoms with E-state index in [1.54, 1.807) is 25.4 Å². The summed E-state index contributed by atoms with van der Waals surface area (Å²) in [6.07, 6.45) is 1.69. The van der Waals surface area contributed by atoms with Gasteiger partial charge in [-0.25, -0.2) is 4.98 Å². The van der Waals surface area contributed by atoms with E-state index in [4.69, 9.17) is 33.7 Å². The zero-order valence-corrected chi connectivity index (χ0v) is 11.4. The first kappa shape index (κ1) is 13.2. The number of rotatable bonds is 4. The summed E-state index contributed by atoms with van der Waals surface area (Å²) < 4.78 is 6.91. The predicted octanol–water partition coefficient (Wildman–Crippen LogP) is 3.09. The molecule has 1 aromatic heterocycles. The van der Waals surface area contributed by atoms with Crippen LogP contribution < -0.4 is 5.73 Å². The van der Waals surface area contributed by atoms with Gasteiger partial charge in [-0.3, -0.25) is 0 Å².